The highest BCUT2D eigenvalue weighted by Crippen LogP contribution is 2.27. The summed E-state index contributed by atoms with van der Waals surface area (Å²) in [5.41, 5.74) is 2.60. The fourth-order valence-electron chi connectivity index (χ4n) is 2.34. The molecule has 7 heteroatoms. The van der Waals surface area contributed by atoms with Crippen molar-refractivity contribution < 1.29 is 13.6 Å². The molecular weight excluding hydrogens is 350 g/mol. The van der Waals surface area contributed by atoms with Crippen LogP contribution in [0, 0.1) is 0 Å². The Kier molecular flexibility index (Phi) is 4.70. The van der Waals surface area contributed by atoms with E-state index in [4.69, 9.17) is 13.6 Å². The van der Waals surface area contributed by atoms with Gasteiger partial charge >= 0.3 is 0 Å². The molecule has 2 heterocycles. The van der Waals surface area contributed by atoms with E-state index >= 15 is 0 Å². The first-order valence-corrected chi connectivity index (χ1v) is 8.91. The van der Waals surface area contributed by atoms with Crippen molar-refractivity contribution in [1.82, 2.24) is 15.2 Å². The number of benzene rings is 2. The number of methoxy groups -OCH3 is 1. The molecule has 0 aliphatic heterocycles. The molecular formula is C19H15N3O3S. The Bertz CT molecular complexity index is 981. The average molecular weight is 365 g/mol. The van der Waals surface area contributed by atoms with Crippen LogP contribution in [0.3, 0.4) is 0 Å². The molecule has 2 aromatic carbocycles. The number of aromatic nitrogens is 3. The van der Waals surface area contributed by atoms with Gasteiger partial charge in [-0.05, 0) is 36.4 Å². The zero-order valence-electron chi connectivity index (χ0n) is 14.0. The topological polar surface area (TPSA) is 74.2 Å². The van der Waals surface area contributed by atoms with E-state index in [0.717, 1.165) is 22.6 Å². The van der Waals surface area contributed by atoms with Crippen molar-refractivity contribution in [3.8, 4) is 28.7 Å². The van der Waals surface area contributed by atoms with Crippen molar-refractivity contribution in [3.05, 3.63) is 66.6 Å². The van der Waals surface area contributed by atoms with Crippen LogP contribution in [-0.4, -0.2) is 22.3 Å². The second-order valence-corrected chi connectivity index (χ2v) is 6.33. The van der Waals surface area contributed by atoms with Crippen molar-refractivity contribution in [2.75, 3.05) is 7.11 Å². The van der Waals surface area contributed by atoms with Gasteiger partial charge in [0, 0.05) is 16.9 Å². The molecule has 4 aromatic rings. The lowest BCUT2D eigenvalue weighted by Crippen LogP contribution is -1.84. The Morgan fingerprint density at radius 3 is 2.46 bits per heavy atom. The van der Waals surface area contributed by atoms with Crippen LogP contribution in [0.4, 0.5) is 0 Å². The van der Waals surface area contributed by atoms with Gasteiger partial charge in [0.2, 0.25) is 11.8 Å². The van der Waals surface area contributed by atoms with Crippen LogP contribution in [0.25, 0.3) is 22.9 Å². The van der Waals surface area contributed by atoms with Crippen LogP contribution in [0.2, 0.25) is 0 Å². The minimum atomic E-state index is 0.498. The first-order chi connectivity index (χ1) is 12.8. The first kappa shape index (κ1) is 16.4. The number of nitrogens with zero attached hydrogens (tertiary/aromatic N) is 3. The van der Waals surface area contributed by atoms with Gasteiger partial charge in [0.05, 0.1) is 12.8 Å². The second-order valence-electron chi connectivity index (χ2n) is 5.40. The molecule has 0 unspecified atom stereocenters. The summed E-state index contributed by atoms with van der Waals surface area (Å²) >= 11 is 1.42. The van der Waals surface area contributed by atoms with E-state index in [1.54, 1.807) is 13.4 Å². The molecule has 0 aliphatic rings. The molecule has 2 aromatic heterocycles. The highest BCUT2D eigenvalue weighted by Gasteiger charge is 2.11. The van der Waals surface area contributed by atoms with Crippen LogP contribution >= 0.6 is 11.8 Å². The van der Waals surface area contributed by atoms with Gasteiger partial charge in [-0.15, -0.1) is 10.2 Å². The third kappa shape index (κ3) is 3.62. The Balaban J connectivity index is 1.41. The quantitative estimate of drug-likeness (QED) is 0.459. The summed E-state index contributed by atoms with van der Waals surface area (Å²) in [7, 11) is 1.64. The molecule has 0 N–H and O–H groups in total. The lowest BCUT2D eigenvalue weighted by atomic mass is 10.2. The summed E-state index contributed by atoms with van der Waals surface area (Å²) in [4.78, 5) is 4.50. The van der Waals surface area contributed by atoms with Gasteiger partial charge in [-0.25, -0.2) is 4.98 Å². The van der Waals surface area contributed by atoms with Crippen molar-refractivity contribution >= 4 is 11.8 Å². The molecule has 0 saturated carbocycles. The fourth-order valence-corrected chi connectivity index (χ4v) is 2.98. The smallest absolute Gasteiger partial charge is 0.277 e. The largest absolute Gasteiger partial charge is 0.497 e. The summed E-state index contributed by atoms with van der Waals surface area (Å²) in [6, 6.07) is 17.2. The molecule has 0 amide bonds. The molecule has 0 saturated heterocycles. The molecule has 0 bridgehead atoms. The molecule has 0 atom stereocenters. The minimum Gasteiger partial charge on any atom is -0.497 e. The van der Waals surface area contributed by atoms with E-state index in [0.29, 0.717) is 22.8 Å². The SMILES string of the molecule is COc1ccc(-c2nc(CSc3nnc(-c4ccccc4)o3)co2)cc1. The van der Waals surface area contributed by atoms with Crippen molar-refractivity contribution in [1.29, 1.82) is 0 Å². The van der Waals surface area contributed by atoms with Gasteiger partial charge in [0.1, 0.15) is 12.0 Å². The number of hydrogen-bond acceptors (Lipinski definition) is 7. The summed E-state index contributed by atoms with van der Waals surface area (Å²) in [6.07, 6.45) is 1.64. The van der Waals surface area contributed by atoms with Crippen LogP contribution in [0.5, 0.6) is 5.75 Å². The maximum absolute atomic E-state index is 5.68. The number of oxazole rings is 1. The molecule has 26 heavy (non-hydrogen) atoms. The summed E-state index contributed by atoms with van der Waals surface area (Å²) in [5, 5.41) is 8.64. The summed E-state index contributed by atoms with van der Waals surface area (Å²) in [6.45, 7) is 0. The van der Waals surface area contributed by atoms with E-state index in [9.17, 15) is 0 Å². The van der Waals surface area contributed by atoms with Crippen LogP contribution < -0.4 is 4.74 Å². The lowest BCUT2D eigenvalue weighted by molar-refractivity contribution is 0.415. The Morgan fingerprint density at radius 1 is 0.923 bits per heavy atom. The zero-order valence-corrected chi connectivity index (χ0v) is 14.8. The molecule has 0 spiro atoms. The Hall–Kier alpha value is -3.06. The normalized spacial score (nSPS) is 10.8. The number of rotatable bonds is 6. The van der Waals surface area contributed by atoms with Gasteiger partial charge in [0.25, 0.3) is 5.22 Å². The third-order valence-electron chi connectivity index (χ3n) is 3.66. The summed E-state index contributed by atoms with van der Waals surface area (Å²) in [5.74, 6) is 2.45. The number of hydrogen-bond donors (Lipinski definition) is 0. The highest BCUT2D eigenvalue weighted by atomic mass is 32.2. The molecule has 4 rings (SSSR count). The number of ether oxygens (including phenoxy) is 1. The molecule has 0 fully saturated rings. The second kappa shape index (κ2) is 7.45. The maximum atomic E-state index is 5.68. The van der Waals surface area contributed by atoms with E-state index in [-0.39, 0.29) is 0 Å². The monoisotopic (exact) mass is 365 g/mol. The van der Waals surface area contributed by atoms with Gasteiger partial charge in [-0.2, -0.15) is 0 Å². The predicted molar refractivity (Wildman–Crippen MR) is 97.8 cm³/mol. The van der Waals surface area contributed by atoms with Gasteiger partial charge in [-0.3, -0.25) is 0 Å². The number of thioether (sulfide) groups is 1. The Labute approximate surface area is 154 Å². The third-order valence-corrected chi connectivity index (χ3v) is 4.51. The fraction of sp³-hybridized carbons (Fsp3) is 0.105. The van der Waals surface area contributed by atoms with E-state index < -0.39 is 0 Å². The van der Waals surface area contributed by atoms with Crippen molar-refractivity contribution in [2.24, 2.45) is 0 Å². The maximum Gasteiger partial charge on any atom is 0.277 e. The van der Waals surface area contributed by atoms with Crippen LogP contribution in [-0.2, 0) is 5.75 Å². The van der Waals surface area contributed by atoms with E-state index in [2.05, 4.69) is 15.2 Å². The van der Waals surface area contributed by atoms with Gasteiger partial charge in [0.15, 0.2) is 0 Å². The molecule has 130 valence electrons. The summed E-state index contributed by atoms with van der Waals surface area (Å²) < 4.78 is 16.4. The van der Waals surface area contributed by atoms with E-state index in [1.807, 2.05) is 54.6 Å². The predicted octanol–water partition coefficient (Wildman–Crippen LogP) is 4.69. The standard InChI is InChI=1S/C19H15N3O3S/c1-23-16-9-7-14(8-10-16)17-20-15(11-24-17)12-26-19-22-21-18(25-19)13-5-3-2-4-6-13/h2-11H,12H2,1H3. The Morgan fingerprint density at radius 2 is 1.69 bits per heavy atom. The lowest BCUT2D eigenvalue weighted by Gasteiger charge is -1.99. The van der Waals surface area contributed by atoms with E-state index in [1.165, 1.54) is 11.8 Å². The highest BCUT2D eigenvalue weighted by molar-refractivity contribution is 7.98. The van der Waals surface area contributed by atoms with Crippen LogP contribution in [0.1, 0.15) is 5.69 Å². The zero-order chi connectivity index (χ0) is 17.8. The van der Waals surface area contributed by atoms with Crippen molar-refractivity contribution in [3.63, 3.8) is 0 Å². The van der Waals surface area contributed by atoms with Gasteiger partial charge in [-0.1, -0.05) is 30.0 Å². The van der Waals surface area contributed by atoms with Gasteiger partial charge < -0.3 is 13.6 Å². The first-order valence-electron chi connectivity index (χ1n) is 7.92. The molecule has 6 nitrogen and oxygen atoms in total. The van der Waals surface area contributed by atoms with Crippen LogP contribution in [0.15, 0.2) is 74.9 Å². The average Bonchev–Trinajstić information content (AvgIpc) is 3.37. The molecule has 0 radical (unpaired) electrons. The minimum absolute atomic E-state index is 0.498. The van der Waals surface area contributed by atoms with Crippen molar-refractivity contribution in [2.45, 2.75) is 11.0 Å². The molecule has 0 aliphatic carbocycles.